The molecule has 0 atom stereocenters. The monoisotopic (exact) mass is 434 g/mol. The molecule has 2 heterocycles. The van der Waals surface area contributed by atoms with Crippen molar-refractivity contribution >= 4 is 27.3 Å². The van der Waals surface area contributed by atoms with E-state index in [1.807, 2.05) is 24.4 Å². The van der Waals surface area contributed by atoms with Crippen molar-refractivity contribution in [3.63, 3.8) is 0 Å². The molecule has 10 heteroatoms. The number of nitrogens with zero attached hydrogens (tertiary/aromatic N) is 4. The molecule has 3 aromatic rings. The minimum atomic E-state index is -3.63. The Hall–Kier alpha value is -2.56. The fourth-order valence-corrected chi connectivity index (χ4v) is 4.28. The number of aromatic nitrogens is 2. The molecule has 0 saturated heterocycles. The summed E-state index contributed by atoms with van der Waals surface area (Å²) in [7, 11) is -0.724. The lowest BCUT2D eigenvalue weighted by Gasteiger charge is -2.21. The van der Waals surface area contributed by atoms with Crippen LogP contribution in [0, 0.1) is 0 Å². The molecule has 8 nitrogen and oxygen atoms in total. The third-order valence-electron chi connectivity index (χ3n) is 4.17. The van der Waals surface area contributed by atoms with Crippen molar-refractivity contribution in [1.29, 1.82) is 0 Å². The van der Waals surface area contributed by atoms with Crippen molar-refractivity contribution in [2.24, 2.45) is 0 Å². The molecule has 1 aromatic carbocycles. The molecule has 1 amide bonds. The van der Waals surface area contributed by atoms with Crippen LogP contribution in [0.1, 0.15) is 29.6 Å². The van der Waals surface area contributed by atoms with E-state index in [-0.39, 0.29) is 17.3 Å². The van der Waals surface area contributed by atoms with Gasteiger partial charge in [-0.15, -0.1) is 21.5 Å². The molecule has 0 unspecified atom stereocenters. The van der Waals surface area contributed by atoms with Crippen LogP contribution >= 0.6 is 11.3 Å². The van der Waals surface area contributed by atoms with Gasteiger partial charge >= 0.3 is 0 Å². The summed E-state index contributed by atoms with van der Waals surface area (Å²) < 4.78 is 31.6. The average molecular weight is 435 g/mol. The SMILES string of the molecule is CCCN(Cc1nnc(-c2cccs2)o1)C(=O)c1cccc(S(=O)(=O)N(C)C)c1. The van der Waals surface area contributed by atoms with Gasteiger partial charge in [0.15, 0.2) is 0 Å². The van der Waals surface area contributed by atoms with E-state index >= 15 is 0 Å². The van der Waals surface area contributed by atoms with Crippen LogP contribution in [0.25, 0.3) is 10.8 Å². The predicted molar refractivity (Wildman–Crippen MR) is 110 cm³/mol. The number of hydrogen-bond donors (Lipinski definition) is 0. The summed E-state index contributed by atoms with van der Waals surface area (Å²) in [6, 6.07) is 9.81. The minimum Gasteiger partial charge on any atom is -0.418 e. The summed E-state index contributed by atoms with van der Waals surface area (Å²) in [6.07, 6.45) is 0.730. The fourth-order valence-electron chi connectivity index (χ4n) is 2.69. The average Bonchev–Trinajstić information content (AvgIpc) is 3.39. The Bertz CT molecular complexity index is 1080. The molecule has 0 fully saturated rings. The lowest BCUT2D eigenvalue weighted by atomic mass is 10.2. The maximum atomic E-state index is 13.1. The standard InChI is InChI=1S/C19H22N4O4S2/c1-4-10-23(13-17-20-21-18(27-17)16-9-6-11-28-16)19(24)14-7-5-8-15(12-14)29(25,26)22(2)3/h5-9,11-12H,4,10,13H2,1-3H3. The molecule has 0 N–H and O–H groups in total. The second-order valence-electron chi connectivity index (χ2n) is 6.52. The van der Waals surface area contributed by atoms with Crippen LogP contribution in [-0.4, -0.2) is 54.4 Å². The van der Waals surface area contributed by atoms with Crippen molar-refractivity contribution in [3.8, 4) is 10.8 Å². The summed E-state index contributed by atoms with van der Waals surface area (Å²) in [5.41, 5.74) is 0.291. The summed E-state index contributed by atoms with van der Waals surface area (Å²) in [4.78, 5) is 15.6. The molecule has 0 bridgehead atoms. The first kappa shape index (κ1) is 21.2. The Kier molecular flexibility index (Phi) is 6.46. The summed E-state index contributed by atoms with van der Waals surface area (Å²) >= 11 is 1.49. The van der Waals surface area contributed by atoms with Crippen LogP contribution in [0.5, 0.6) is 0 Å². The van der Waals surface area contributed by atoms with Crippen molar-refractivity contribution in [2.75, 3.05) is 20.6 Å². The van der Waals surface area contributed by atoms with E-state index in [9.17, 15) is 13.2 Å². The highest BCUT2D eigenvalue weighted by Crippen LogP contribution is 2.24. The van der Waals surface area contributed by atoms with E-state index < -0.39 is 10.0 Å². The lowest BCUT2D eigenvalue weighted by Crippen LogP contribution is -2.31. The maximum absolute atomic E-state index is 13.1. The van der Waals surface area contributed by atoms with Gasteiger partial charge in [-0.05, 0) is 36.1 Å². The number of carbonyl (C=O) groups is 1. The second-order valence-corrected chi connectivity index (χ2v) is 9.62. The highest BCUT2D eigenvalue weighted by atomic mass is 32.2. The Morgan fingerprint density at radius 1 is 1.17 bits per heavy atom. The van der Waals surface area contributed by atoms with Gasteiger partial charge in [0, 0.05) is 26.2 Å². The summed E-state index contributed by atoms with van der Waals surface area (Å²) in [5, 5.41) is 10.0. The Labute approximate surface area is 173 Å². The molecule has 2 aromatic heterocycles. The van der Waals surface area contributed by atoms with Gasteiger partial charge in [-0.2, -0.15) is 0 Å². The lowest BCUT2D eigenvalue weighted by molar-refractivity contribution is 0.0728. The van der Waals surface area contributed by atoms with Crippen LogP contribution in [0.2, 0.25) is 0 Å². The highest BCUT2D eigenvalue weighted by molar-refractivity contribution is 7.89. The first-order chi connectivity index (χ1) is 13.8. The molecule has 0 radical (unpaired) electrons. The Balaban J connectivity index is 1.83. The van der Waals surface area contributed by atoms with E-state index in [1.165, 1.54) is 37.6 Å². The van der Waals surface area contributed by atoms with Crippen molar-refractivity contribution in [3.05, 3.63) is 53.2 Å². The molecule has 3 rings (SSSR count). The molecule has 0 saturated carbocycles. The molecule has 0 aliphatic heterocycles. The van der Waals surface area contributed by atoms with Gasteiger partial charge in [-0.1, -0.05) is 19.1 Å². The van der Waals surface area contributed by atoms with Crippen LogP contribution in [0.15, 0.2) is 51.1 Å². The zero-order chi connectivity index (χ0) is 21.0. The first-order valence-electron chi connectivity index (χ1n) is 9.01. The Morgan fingerprint density at radius 2 is 1.97 bits per heavy atom. The van der Waals surface area contributed by atoms with Crippen molar-refractivity contribution < 1.29 is 17.6 Å². The number of hydrogen-bond acceptors (Lipinski definition) is 7. The topological polar surface area (TPSA) is 96.6 Å². The van der Waals surface area contributed by atoms with Gasteiger partial charge in [0.1, 0.15) is 0 Å². The van der Waals surface area contributed by atoms with Gasteiger partial charge in [-0.25, -0.2) is 12.7 Å². The molecule has 154 valence electrons. The van der Waals surface area contributed by atoms with Gasteiger partial charge in [0.2, 0.25) is 15.9 Å². The largest absolute Gasteiger partial charge is 0.418 e. The number of thiophene rings is 1. The second kappa shape index (κ2) is 8.85. The summed E-state index contributed by atoms with van der Waals surface area (Å²) in [6.45, 7) is 2.58. The molecule has 0 aliphatic rings. The van der Waals surface area contributed by atoms with E-state index in [0.717, 1.165) is 15.6 Å². The third-order valence-corrected chi connectivity index (χ3v) is 6.83. The third kappa shape index (κ3) is 4.72. The minimum absolute atomic E-state index is 0.0718. The molecular formula is C19H22N4O4S2. The number of benzene rings is 1. The van der Waals surface area contributed by atoms with Gasteiger partial charge < -0.3 is 9.32 Å². The van der Waals surface area contributed by atoms with Gasteiger partial charge in [-0.3, -0.25) is 4.79 Å². The zero-order valence-corrected chi connectivity index (χ0v) is 18.0. The van der Waals surface area contributed by atoms with Gasteiger partial charge in [0.05, 0.1) is 16.3 Å². The van der Waals surface area contributed by atoms with E-state index in [2.05, 4.69) is 10.2 Å². The van der Waals surface area contributed by atoms with Crippen LogP contribution < -0.4 is 0 Å². The van der Waals surface area contributed by atoms with Crippen molar-refractivity contribution in [2.45, 2.75) is 24.8 Å². The number of amides is 1. The number of sulfonamides is 1. The summed E-state index contributed by atoms with van der Waals surface area (Å²) in [5.74, 6) is 0.448. The van der Waals surface area contributed by atoms with Crippen LogP contribution in [0.4, 0.5) is 0 Å². The van der Waals surface area contributed by atoms with Crippen LogP contribution in [-0.2, 0) is 16.6 Å². The molecular weight excluding hydrogens is 412 g/mol. The quantitative estimate of drug-likeness (QED) is 0.540. The van der Waals surface area contributed by atoms with E-state index in [4.69, 9.17) is 4.42 Å². The highest BCUT2D eigenvalue weighted by Gasteiger charge is 2.22. The predicted octanol–water partition coefficient (Wildman–Crippen LogP) is 3.10. The normalized spacial score (nSPS) is 11.7. The van der Waals surface area contributed by atoms with E-state index in [1.54, 1.807) is 17.0 Å². The van der Waals surface area contributed by atoms with E-state index in [0.29, 0.717) is 23.9 Å². The van der Waals surface area contributed by atoms with Crippen molar-refractivity contribution in [1.82, 2.24) is 19.4 Å². The smallest absolute Gasteiger partial charge is 0.257 e. The number of carbonyl (C=O) groups excluding carboxylic acids is 1. The molecule has 0 aliphatic carbocycles. The maximum Gasteiger partial charge on any atom is 0.257 e. The van der Waals surface area contributed by atoms with Gasteiger partial charge in [0.25, 0.3) is 11.8 Å². The van der Waals surface area contributed by atoms with Crippen LogP contribution in [0.3, 0.4) is 0 Å². The first-order valence-corrected chi connectivity index (χ1v) is 11.3. The Morgan fingerprint density at radius 3 is 2.62 bits per heavy atom. The fraction of sp³-hybridized carbons (Fsp3) is 0.316. The number of rotatable bonds is 8. The molecule has 29 heavy (non-hydrogen) atoms. The molecule has 0 spiro atoms. The zero-order valence-electron chi connectivity index (χ0n) is 16.4.